The van der Waals surface area contributed by atoms with E-state index >= 15 is 0 Å². The number of alkyl halides is 7. The van der Waals surface area contributed by atoms with Gasteiger partial charge < -0.3 is 14.2 Å². The number of Topliss-reactive ketones (excluding diaryl/α,β-unsaturated/α-hetero) is 1. The van der Waals surface area contributed by atoms with Crippen LogP contribution < -0.4 is 0 Å². The molecule has 12 heteroatoms. The van der Waals surface area contributed by atoms with Crippen LogP contribution in [0.25, 0.3) is 0 Å². The largest absolute Gasteiger partial charge is 0.464 e. The van der Waals surface area contributed by atoms with Crippen LogP contribution in [0.15, 0.2) is 0 Å². The molecule has 0 heterocycles. The second-order valence-corrected chi connectivity index (χ2v) is 9.75. The van der Waals surface area contributed by atoms with Gasteiger partial charge in [-0.3, -0.25) is 9.59 Å². The highest BCUT2D eigenvalue weighted by molar-refractivity contribution is 5.91. The van der Waals surface area contributed by atoms with Crippen LogP contribution in [0.5, 0.6) is 0 Å². The lowest BCUT2D eigenvalue weighted by molar-refractivity contribution is -0.354. The third-order valence-corrected chi connectivity index (χ3v) is 7.09. The van der Waals surface area contributed by atoms with Crippen molar-refractivity contribution < 1.29 is 54.5 Å². The molecule has 0 N–H and O–H groups in total. The van der Waals surface area contributed by atoms with Gasteiger partial charge in [0, 0.05) is 20.5 Å². The van der Waals surface area contributed by atoms with Gasteiger partial charge in [-0.25, -0.2) is 8.78 Å². The summed E-state index contributed by atoms with van der Waals surface area (Å²) in [6.45, 7) is -2.90. The van der Waals surface area contributed by atoms with Crippen LogP contribution in [0.1, 0.15) is 51.9 Å². The Bertz CT molecular complexity index is 726. The Labute approximate surface area is 186 Å². The number of halogens is 7. The van der Waals surface area contributed by atoms with E-state index in [2.05, 4.69) is 9.47 Å². The predicted molar refractivity (Wildman–Crippen MR) is 98.5 cm³/mol. The molecule has 0 radical (unpaired) electrons. The van der Waals surface area contributed by atoms with Gasteiger partial charge in [0.15, 0.2) is 0 Å². The molecule has 4 aliphatic rings. The maximum absolute atomic E-state index is 14.1. The van der Waals surface area contributed by atoms with Crippen molar-refractivity contribution >= 4 is 11.8 Å². The van der Waals surface area contributed by atoms with Crippen LogP contribution in [0.4, 0.5) is 30.7 Å². The van der Waals surface area contributed by atoms with Crippen LogP contribution in [0, 0.1) is 23.2 Å². The summed E-state index contributed by atoms with van der Waals surface area (Å²) in [5.74, 6) is -16.2. The van der Waals surface area contributed by atoms with Crippen LogP contribution in [-0.4, -0.2) is 55.9 Å². The molecule has 0 aromatic carbocycles. The maximum Gasteiger partial charge on any atom is 0.464 e. The monoisotopic (exact) mass is 492 g/mol. The summed E-state index contributed by atoms with van der Waals surface area (Å²) in [6, 6.07) is 0. The Morgan fingerprint density at radius 2 is 1.39 bits per heavy atom. The number of hydrogen-bond donors (Lipinski definition) is 0. The van der Waals surface area contributed by atoms with Gasteiger partial charge in [0.05, 0.1) is 12.0 Å². The SMILES string of the molecule is COCC(=O)C(OCCC(F)(F)C(C)(F)F)(OC(=O)C12CC3CC(CC(C3)C1)C2)C(F)(F)F. The lowest BCUT2D eigenvalue weighted by Gasteiger charge is -2.55. The second-order valence-electron chi connectivity index (χ2n) is 9.75. The van der Waals surface area contributed by atoms with Crippen molar-refractivity contribution in [3.8, 4) is 0 Å². The zero-order chi connectivity index (χ0) is 24.9. The standard InChI is InChI=1S/C21H27F7O5/c1-17(22,23)19(24,25)3-4-32-20(21(26,27)28,15(29)11-31-2)33-16(30)18-8-12-5-13(9-18)7-14(6-12)10-18/h12-14H,3-11H2,1-2H3. The Morgan fingerprint density at radius 3 is 1.79 bits per heavy atom. The average Bonchev–Trinajstić information content (AvgIpc) is 2.64. The molecule has 33 heavy (non-hydrogen) atoms. The fourth-order valence-electron chi connectivity index (χ4n) is 5.83. The lowest BCUT2D eigenvalue weighted by atomic mass is 9.49. The van der Waals surface area contributed by atoms with Crippen LogP contribution >= 0.6 is 0 Å². The number of methoxy groups -OCH3 is 1. The molecule has 0 spiro atoms. The quantitative estimate of drug-likeness (QED) is 0.246. The molecule has 4 bridgehead atoms. The molecule has 4 aliphatic carbocycles. The molecular formula is C21H27F7O5. The van der Waals surface area contributed by atoms with Crippen molar-refractivity contribution in [3.63, 3.8) is 0 Å². The van der Waals surface area contributed by atoms with Gasteiger partial charge in [0.25, 0.3) is 0 Å². The Morgan fingerprint density at radius 1 is 0.909 bits per heavy atom. The second kappa shape index (κ2) is 8.66. The number of carbonyl (C=O) groups excluding carboxylic acids is 2. The zero-order valence-electron chi connectivity index (χ0n) is 18.3. The van der Waals surface area contributed by atoms with E-state index in [-0.39, 0.29) is 24.7 Å². The van der Waals surface area contributed by atoms with Gasteiger partial charge in [-0.1, -0.05) is 0 Å². The average molecular weight is 492 g/mol. The Hall–Kier alpha value is -1.43. The number of rotatable bonds is 10. The fraction of sp³-hybridized carbons (Fsp3) is 0.905. The number of ether oxygens (including phenoxy) is 3. The minimum absolute atomic E-state index is 0.0901. The number of ketones is 1. The van der Waals surface area contributed by atoms with Gasteiger partial charge in [0.2, 0.25) is 5.78 Å². The summed E-state index contributed by atoms with van der Waals surface area (Å²) in [7, 11) is 0.908. The summed E-state index contributed by atoms with van der Waals surface area (Å²) in [5, 5.41) is 0. The molecule has 0 aromatic heterocycles. The smallest absolute Gasteiger partial charge is 0.416 e. The molecule has 1 atom stereocenters. The lowest BCUT2D eigenvalue weighted by Crippen LogP contribution is -2.61. The van der Waals surface area contributed by atoms with Gasteiger partial charge in [0.1, 0.15) is 6.61 Å². The first-order valence-electron chi connectivity index (χ1n) is 10.8. The molecule has 0 amide bonds. The van der Waals surface area contributed by atoms with Crippen molar-refractivity contribution in [3.05, 3.63) is 0 Å². The normalized spacial score (nSPS) is 31.4. The summed E-state index contributed by atoms with van der Waals surface area (Å²) in [6.07, 6.45) is -3.95. The van der Waals surface area contributed by atoms with Crippen LogP contribution in [-0.2, 0) is 23.8 Å². The van der Waals surface area contributed by atoms with E-state index in [9.17, 15) is 40.3 Å². The van der Waals surface area contributed by atoms with Gasteiger partial charge in [-0.05, 0) is 56.3 Å². The third kappa shape index (κ3) is 4.87. The highest BCUT2D eigenvalue weighted by Gasteiger charge is 2.68. The topological polar surface area (TPSA) is 61.8 Å². The molecule has 4 saturated carbocycles. The van der Waals surface area contributed by atoms with Gasteiger partial charge in [-0.15, -0.1) is 0 Å². The van der Waals surface area contributed by atoms with E-state index in [1.807, 2.05) is 0 Å². The minimum atomic E-state index is -5.66. The molecule has 190 valence electrons. The van der Waals surface area contributed by atoms with Crippen molar-refractivity contribution in [1.29, 1.82) is 0 Å². The molecule has 0 saturated heterocycles. The van der Waals surface area contributed by atoms with E-state index in [1.54, 1.807) is 0 Å². The van der Waals surface area contributed by atoms with Crippen molar-refractivity contribution in [2.24, 2.45) is 23.2 Å². The van der Waals surface area contributed by atoms with E-state index < -0.39 is 60.6 Å². The van der Waals surface area contributed by atoms with Gasteiger partial charge >= 0.3 is 29.8 Å². The summed E-state index contributed by atoms with van der Waals surface area (Å²) < 4.78 is 109. The molecular weight excluding hydrogens is 465 g/mol. The van der Waals surface area contributed by atoms with Crippen molar-refractivity contribution in [2.45, 2.75) is 75.7 Å². The number of hydrogen-bond acceptors (Lipinski definition) is 5. The Kier molecular flexibility index (Phi) is 6.87. The summed E-state index contributed by atoms with van der Waals surface area (Å²) in [4.78, 5) is 25.6. The molecule has 4 fully saturated rings. The number of carbonyl (C=O) groups is 2. The molecule has 0 aliphatic heterocycles. The van der Waals surface area contributed by atoms with E-state index in [4.69, 9.17) is 4.74 Å². The summed E-state index contributed by atoms with van der Waals surface area (Å²) >= 11 is 0. The first-order valence-corrected chi connectivity index (χ1v) is 10.8. The van der Waals surface area contributed by atoms with Gasteiger partial charge in [-0.2, -0.15) is 22.0 Å². The first kappa shape index (κ1) is 26.2. The Balaban J connectivity index is 1.86. The third-order valence-electron chi connectivity index (χ3n) is 7.09. The van der Waals surface area contributed by atoms with Crippen molar-refractivity contribution in [2.75, 3.05) is 20.3 Å². The fourth-order valence-corrected chi connectivity index (χ4v) is 5.83. The van der Waals surface area contributed by atoms with Crippen molar-refractivity contribution in [1.82, 2.24) is 0 Å². The van der Waals surface area contributed by atoms with E-state index in [0.29, 0.717) is 19.3 Å². The predicted octanol–water partition coefficient (Wildman–Crippen LogP) is 4.92. The van der Waals surface area contributed by atoms with E-state index in [1.165, 1.54) is 0 Å². The maximum atomic E-state index is 14.1. The first-order chi connectivity index (χ1) is 15.1. The summed E-state index contributed by atoms with van der Waals surface area (Å²) in [5.41, 5.74) is -1.22. The highest BCUT2D eigenvalue weighted by atomic mass is 19.4. The van der Waals surface area contributed by atoms with E-state index in [0.717, 1.165) is 26.4 Å². The van der Waals surface area contributed by atoms with Crippen LogP contribution in [0.2, 0.25) is 0 Å². The molecule has 4 rings (SSSR count). The highest BCUT2D eigenvalue weighted by Crippen LogP contribution is 2.61. The number of esters is 1. The zero-order valence-corrected chi connectivity index (χ0v) is 18.3. The minimum Gasteiger partial charge on any atom is -0.416 e. The molecule has 0 aromatic rings. The molecule has 1 unspecified atom stereocenters. The molecule has 5 nitrogen and oxygen atoms in total. The van der Waals surface area contributed by atoms with Crippen LogP contribution in [0.3, 0.4) is 0 Å².